The number of aliphatic hydroxyl groups is 11. The van der Waals surface area contributed by atoms with Gasteiger partial charge in [0.2, 0.25) is 0 Å². The zero-order chi connectivity index (χ0) is 47.6. The minimum Gasteiger partial charge on any atom is -0.395 e. The van der Waals surface area contributed by atoms with Crippen molar-refractivity contribution in [3.8, 4) is 0 Å². The van der Waals surface area contributed by atoms with Gasteiger partial charge < -0.3 is 84.6 Å². The summed E-state index contributed by atoms with van der Waals surface area (Å²) < 4.78 is 36.2. The summed E-state index contributed by atoms with van der Waals surface area (Å²) in [5.41, 5.74) is 0.777. The predicted molar refractivity (Wildman–Crippen MR) is 230 cm³/mol. The number of hydrogen-bond acceptors (Lipinski definition) is 17. The molecule has 0 aromatic carbocycles. The van der Waals surface area contributed by atoms with Gasteiger partial charge in [-0.1, -0.05) is 66.2 Å². The summed E-state index contributed by atoms with van der Waals surface area (Å²) in [6, 6.07) is 0. The van der Waals surface area contributed by atoms with Gasteiger partial charge in [0.25, 0.3) is 0 Å². The molecule has 0 aromatic heterocycles. The Kier molecular flexibility index (Phi) is 13.6. The lowest BCUT2D eigenvalue weighted by atomic mass is 9.35. The van der Waals surface area contributed by atoms with Gasteiger partial charge in [-0.2, -0.15) is 0 Å². The molecule has 23 atom stereocenters. The van der Waals surface area contributed by atoms with Crippen molar-refractivity contribution in [1.29, 1.82) is 0 Å². The molecule has 6 fully saturated rings. The Morgan fingerprint density at radius 3 is 1.97 bits per heavy atom. The van der Waals surface area contributed by atoms with Crippen molar-refractivity contribution >= 4 is 0 Å². The van der Waals surface area contributed by atoms with Crippen LogP contribution in [-0.4, -0.2) is 180 Å². The number of aliphatic hydroxyl groups excluding tert-OH is 11. The Hall–Kier alpha value is -1.20. The summed E-state index contributed by atoms with van der Waals surface area (Å²) in [5, 5.41) is 119. The molecule has 3 saturated carbocycles. The lowest BCUT2D eigenvalue weighted by molar-refractivity contribution is -0.373. The van der Waals surface area contributed by atoms with Crippen LogP contribution in [0.5, 0.6) is 0 Å². The lowest BCUT2D eigenvalue weighted by Gasteiger charge is -2.70. The average Bonchev–Trinajstić information content (AvgIpc) is 3.24. The first-order valence-electron chi connectivity index (χ1n) is 24.0. The molecule has 2 unspecified atom stereocenters. The quantitative estimate of drug-likeness (QED) is 0.141. The molecule has 8 rings (SSSR count). The number of allylic oxidation sites excluding steroid dienone is 3. The summed E-state index contributed by atoms with van der Waals surface area (Å²) >= 11 is 0. The van der Waals surface area contributed by atoms with E-state index in [1.165, 1.54) is 18.1 Å². The van der Waals surface area contributed by atoms with Crippen molar-refractivity contribution in [2.75, 3.05) is 19.8 Å². The second kappa shape index (κ2) is 17.6. The highest BCUT2D eigenvalue weighted by Gasteiger charge is 2.68. The van der Waals surface area contributed by atoms with Crippen LogP contribution < -0.4 is 0 Å². The number of fused-ring (bicyclic) bond motifs is 6. The third kappa shape index (κ3) is 7.87. The fourth-order valence-corrected chi connectivity index (χ4v) is 14.4. The molecule has 3 saturated heterocycles. The summed E-state index contributed by atoms with van der Waals surface area (Å²) in [5.74, 6) is 0.308. The highest BCUT2D eigenvalue weighted by atomic mass is 16.8. The van der Waals surface area contributed by atoms with Gasteiger partial charge in [0.15, 0.2) is 18.9 Å². The fourth-order valence-electron chi connectivity index (χ4n) is 14.4. The molecule has 17 heteroatoms. The number of ether oxygens (including phenoxy) is 6. The molecule has 372 valence electrons. The van der Waals surface area contributed by atoms with Crippen LogP contribution in [0.2, 0.25) is 0 Å². The zero-order valence-electron chi connectivity index (χ0n) is 39.3. The molecule has 0 amide bonds. The van der Waals surface area contributed by atoms with Gasteiger partial charge in [0.05, 0.1) is 38.1 Å². The first-order chi connectivity index (χ1) is 30.3. The van der Waals surface area contributed by atoms with Crippen molar-refractivity contribution in [1.82, 2.24) is 0 Å². The van der Waals surface area contributed by atoms with Gasteiger partial charge in [0.1, 0.15) is 67.1 Å². The van der Waals surface area contributed by atoms with Crippen molar-refractivity contribution in [2.45, 2.75) is 211 Å². The van der Waals surface area contributed by atoms with Crippen LogP contribution in [0.1, 0.15) is 107 Å². The van der Waals surface area contributed by atoms with Crippen LogP contribution in [0.15, 0.2) is 23.3 Å². The predicted octanol–water partition coefficient (Wildman–Crippen LogP) is 0.532. The zero-order valence-corrected chi connectivity index (χ0v) is 39.3. The Morgan fingerprint density at radius 1 is 0.662 bits per heavy atom. The number of rotatable bonds is 9. The van der Waals surface area contributed by atoms with Crippen molar-refractivity contribution < 1.29 is 84.6 Å². The maximum Gasteiger partial charge on any atom is 0.187 e. The van der Waals surface area contributed by atoms with Crippen molar-refractivity contribution in [3.05, 3.63) is 23.3 Å². The largest absolute Gasteiger partial charge is 0.395 e. The van der Waals surface area contributed by atoms with Gasteiger partial charge in [0, 0.05) is 10.8 Å². The molecule has 3 heterocycles. The van der Waals surface area contributed by atoms with Crippen LogP contribution in [0.4, 0.5) is 0 Å². The number of hydrogen-bond donors (Lipinski definition) is 11. The minimum atomic E-state index is -1.76. The molecule has 0 bridgehead atoms. The van der Waals surface area contributed by atoms with Gasteiger partial charge in [-0.15, -0.1) is 0 Å². The molecular formula is C48H78O17. The van der Waals surface area contributed by atoms with E-state index in [0.29, 0.717) is 12.8 Å². The Bertz CT molecular complexity index is 1790. The lowest BCUT2D eigenvalue weighted by Crippen LogP contribution is -2.66. The molecular weight excluding hydrogens is 849 g/mol. The standard InChI is InChI=1S/C48H78O17/c1-22-31(52)33(54)37(58)41(61-22)65-39-26(20-60-40-36(57)34(55)32(53)25(19-49)62-40)63-42(38(59)35(39)56)64-30-12-13-45(6)27(44(30,4)5)11-14-46(7)28(45)10-9-23-24-17-43(2,3)15-16-48(24,21-50)29(51)18-47(23,46)8/h9-10,22,25-42,49-59H,11-21H2,1-8H3/t22-,25+,26+,27?,28?,29-,30-,31-,32+,33+,34-,35+,36+,37+,38+,39+,40+,41-,42-,45-,46+,47+,48+/m0/s1. The van der Waals surface area contributed by atoms with E-state index in [1.54, 1.807) is 0 Å². The van der Waals surface area contributed by atoms with Gasteiger partial charge in [-0.05, 0) is 97.4 Å². The van der Waals surface area contributed by atoms with E-state index in [-0.39, 0.29) is 40.1 Å². The van der Waals surface area contributed by atoms with E-state index >= 15 is 0 Å². The summed E-state index contributed by atoms with van der Waals surface area (Å²) in [7, 11) is 0. The molecule has 3 aliphatic heterocycles. The van der Waals surface area contributed by atoms with Crippen LogP contribution in [0.25, 0.3) is 0 Å². The first kappa shape index (κ1) is 50.2. The third-order valence-corrected chi connectivity index (χ3v) is 18.8. The van der Waals surface area contributed by atoms with Gasteiger partial charge >= 0.3 is 0 Å². The molecule has 17 nitrogen and oxygen atoms in total. The second-order valence-electron chi connectivity index (χ2n) is 23.3. The van der Waals surface area contributed by atoms with Crippen LogP contribution in [0.3, 0.4) is 0 Å². The van der Waals surface area contributed by atoms with Crippen LogP contribution in [-0.2, 0) is 28.4 Å². The van der Waals surface area contributed by atoms with E-state index in [1.807, 2.05) is 0 Å². The van der Waals surface area contributed by atoms with Gasteiger partial charge in [-0.25, -0.2) is 0 Å². The maximum absolute atomic E-state index is 12.1. The van der Waals surface area contributed by atoms with Crippen molar-refractivity contribution in [3.63, 3.8) is 0 Å². The van der Waals surface area contributed by atoms with Crippen molar-refractivity contribution in [2.24, 2.45) is 44.3 Å². The first-order valence-corrected chi connectivity index (χ1v) is 24.0. The van der Waals surface area contributed by atoms with Gasteiger partial charge in [-0.3, -0.25) is 0 Å². The molecule has 11 N–H and O–H groups in total. The molecule has 65 heavy (non-hydrogen) atoms. The topological polar surface area (TPSA) is 278 Å². The highest BCUT2D eigenvalue weighted by Crippen LogP contribution is 2.74. The molecule has 5 aliphatic carbocycles. The highest BCUT2D eigenvalue weighted by molar-refractivity contribution is 5.47. The van der Waals surface area contributed by atoms with E-state index in [9.17, 15) is 56.2 Å². The SMILES string of the molecule is C[C@@H]1O[C@@H](O[C@H]2[C@H](O)[C@@H](O)[C@H](O[C@H]3CC[C@@]4(C)C(CC[C@]5(C)C4C=CC4=C6CC(C)(C)CC[C@]6(CO)[C@@H](O)C[C@]45C)C3(C)C)O[C@@H]2CO[C@@H]2O[C@H](CO)[C@@H](O)[C@H](O)[C@H]2O)[C@H](O)[C@H](O)[C@H]1O. The molecule has 0 radical (unpaired) electrons. The third-order valence-electron chi connectivity index (χ3n) is 18.8. The van der Waals surface area contributed by atoms with E-state index < -0.39 is 128 Å². The second-order valence-corrected chi connectivity index (χ2v) is 23.3. The molecule has 0 spiro atoms. The summed E-state index contributed by atoms with van der Waals surface area (Å²) in [6.07, 6.45) is -13.2. The Morgan fingerprint density at radius 2 is 1.29 bits per heavy atom. The molecule has 8 aliphatic rings. The average molecular weight is 927 g/mol. The molecule has 0 aromatic rings. The summed E-state index contributed by atoms with van der Waals surface area (Å²) in [6.45, 7) is 16.2. The maximum atomic E-state index is 12.1. The van der Waals surface area contributed by atoms with Crippen LogP contribution in [0, 0.1) is 44.3 Å². The van der Waals surface area contributed by atoms with E-state index in [0.717, 1.165) is 38.5 Å². The monoisotopic (exact) mass is 927 g/mol. The van der Waals surface area contributed by atoms with E-state index in [2.05, 4.69) is 60.6 Å². The van der Waals surface area contributed by atoms with E-state index in [4.69, 9.17) is 28.4 Å². The normalized spacial score (nSPS) is 54.0. The minimum absolute atomic E-state index is 0.0621. The fraction of sp³-hybridized carbons (Fsp3) is 0.917. The smallest absolute Gasteiger partial charge is 0.187 e. The Balaban J connectivity index is 1.04. The van der Waals surface area contributed by atoms with Crippen LogP contribution >= 0.6 is 0 Å². The summed E-state index contributed by atoms with van der Waals surface area (Å²) in [4.78, 5) is 0. The Labute approximate surface area is 382 Å².